The highest BCUT2D eigenvalue weighted by atomic mass is 16.5. The van der Waals surface area contributed by atoms with Crippen molar-refractivity contribution in [3.05, 3.63) is 35.5 Å². The third-order valence-corrected chi connectivity index (χ3v) is 4.17. The molecule has 1 aliphatic rings. The van der Waals surface area contributed by atoms with E-state index >= 15 is 0 Å². The Morgan fingerprint density at radius 1 is 1.50 bits per heavy atom. The number of aromatic amines is 1. The molecule has 1 saturated heterocycles. The number of aryl methyl sites for hydroxylation is 1. The third kappa shape index (κ3) is 2.55. The van der Waals surface area contributed by atoms with E-state index in [-0.39, 0.29) is 0 Å². The maximum Gasteiger partial charge on any atom is 0.0991 e. The number of hydrogen-bond donors (Lipinski definition) is 1. The van der Waals surface area contributed by atoms with Gasteiger partial charge in [-0.2, -0.15) is 5.26 Å². The summed E-state index contributed by atoms with van der Waals surface area (Å²) in [7, 11) is 2.16. The first-order chi connectivity index (χ1) is 9.78. The molecule has 1 aromatic heterocycles. The van der Waals surface area contributed by atoms with E-state index < -0.39 is 0 Å². The Kier molecular flexibility index (Phi) is 3.72. The number of likely N-dealkylation sites (N-methyl/N-ethyl adjacent to an activating group) is 1. The topological polar surface area (TPSA) is 52.0 Å². The smallest absolute Gasteiger partial charge is 0.0991 e. The molecule has 0 saturated carbocycles. The zero-order chi connectivity index (χ0) is 13.9. The van der Waals surface area contributed by atoms with Gasteiger partial charge in [-0.25, -0.2) is 0 Å². The number of fused-ring (bicyclic) bond motifs is 1. The van der Waals surface area contributed by atoms with Crippen LogP contribution in [0.15, 0.2) is 24.4 Å². The molecular formula is C16H19N3O. The van der Waals surface area contributed by atoms with Crippen molar-refractivity contribution < 1.29 is 4.74 Å². The van der Waals surface area contributed by atoms with E-state index in [1.165, 1.54) is 10.9 Å². The minimum atomic E-state index is 0.493. The SMILES string of the molecule is CN1CCOCC1CCc1c[nH]c2ccc(C#N)cc12. The van der Waals surface area contributed by atoms with Gasteiger partial charge in [0.05, 0.1) is 24.8 Å². The van der Waals surface area contributed by atoms with Gasteiger partial charge >= 0.3 is 0 Å². The van der Waals surface area contributed by atoms with Gasteiger partial charge in [0.1, 0.15) is 0 Å². The molecule has 4 nitrogen and oxygen atoms in total. The van der Waals surface area contributed by atoms with E-state index in [1.54, 1.807) is 0 Å². The zero-order valence-electron chi connectivity index (χ0n) is 11.7. The van der Waals surface area contributed by atoms with Gasteiger partial charge in [0.15, 0.2) is 0 Å². The van der Waals surface area contributed by atoms with E-state index in [4.69, 9.17) is 10.00 Å². The molecule has 2 aromatic rings. The van der Waals surface area contributed by atoms with Gasteiger partial charge in [0.25, 0.3) is 0 Å². The standard InChI is InChI=1S/C16H19N3O/c1-19-6-7-20-11-14(19)4-3-13-10-18-16-5-2-12(9-17)8-15(13)16/h2,5,8,10,14,18H,3-4,6-7,11H2,1H3. The molecule has 1 unspecified atom stereocenters. The molecular weight excluding hydrogens is 250 g/mol. The predicted molar refractivity (Wildman–Crippen MR) is 78.6 cm³/mol. The first kappa shape index (κ1) is 13.2. The number of aromatic nitrogens is 1. The fourth-order valence-corrected chi connectivity index (χ4v) is 2.82. The van der Waals surface area contributed by atoms with Crippen molar-refractivity contribution in [2.45, 2.75) is 18.9 Å². The Morgan fingerprint density at radius 3 is 3.20 bits per heavy atom. The van der Waals surface area contributed by atoms with Crippen molar-refractivity contribution in [1.29, 1.82) is 5.26 Å². The molecule has 2 heterocycles. The van der Waals surface area contributed by atoms with Gasteiger partial charge in [-0.3, -0.25) is 4.90 Å². The molecule has 1 atom stereocenters. The summed E-state index contributed by atoms with van der Waals surface area (Å²) in [6.45, 7) is 2.67. The van der Waals surface area contributed by atoms with E-state index in [0.29, 0.717) is 6.04 Å². The maximum atomic E-state index is 9.01. The van der Waals surface area contributed by atoms with Crippen molar-refractivity contribution in [3.8, 4) is 6.07 Å². The van der Waals surface area contributed by atoms with Crippen molar-refractivity contribution in [3.63, 3.8) is 0 Å². The predicted octanol–water partition coefficient (Wildman–Crippen LogP) is 2.30. The highest BCUT2D eigenvalue weighted by Crippen LogP contribution is 2.22. The van der Waals surface area contributed by atoms with Crippen molar-refractivity contribution >= 4 is 10.9 Å². The molecule has 0 spiro atoms. The van der Waals surface area contributed by atoms with Gasteiger partial charge < -0.3 is 9.72 Å². The van der Waals surface area contributed by atoms with Gasteiger partial charge in [-0.15, -0.1) is 0 Å². The molecule has 0 amide bonds. The summed E-state index contributed by atoms with van der Waals surface area (Å²) < 4.78 is 5.55. The quantitative estimate of drug-likeness (QED) is 0.930. The Balaban J connectivity index is 1.75. The van der Waals surface area contributed by atoms with Crippen molar-refractivity contribution in [1.82, 2.24) is 9.88 Å². The van der Waals surface area contributed by atoms with Crippen LogP contribution in [0.25, 0.3) is 10.9 Å². The van der Waals surface area contributed by atoms with Crippen LogP contribution in [0.5, 0.6) is 0 Å². The van der Waals surface area contributed by atoms with Crippen molar-refractivity contribution in [2.24, 2.45) is 0 Å². The van der Waals surface area contributed by atoms with Crippen LogP contribution in [0.1, 0.15) is 17.5 Å². The first-order valence-electron chi connectivity index (χ1n) is 7.06. The highest BCUT2D eigenvalue weighted by molar-refractivity contribution is 5.84. The number of benzene rings is 1. The Labute approximate surface area is 119 Å². The van der Waals surface area contributed by atoms with Crippen LogP contribution in [-0.2, 0) is 11.2 Å². The number of ether oxygens (including phenoxy) is 1. The average molecular weight is 269 g/mol. The Hall–Kier alpha value is -1.83. The molecule has 0 radical (unpaired) electrons. The van der Waals surface area contributed by atoms with E-state index in [9.17, 15) is 0 Å². The summed E-state index contributed by atoms with van der Waals surface area (Å²) in [4.78, 5) is 5.66. The molecule has 104 valence electrons. The van der Waals surface area contributed by atoms with Crippen LogP contribution < -0.4 is 0 Å². The highest BCUT2D eigenvalue weighted by Gasteiger charge is 2.19. The number of nitrogens with zero attached hydrogens (tertiary/aromatic N) is 2. The second kappa shape index (κ2) is 5.66. The van der Waals surface area contributed by atoms with Crippen LogP contribution in [0.3, 0.4) is 0 Å². The second-order valence-corrected chi connectivity index (χ2v) is 5.43. The minimum absolute atomic E-state index is 0.493. The second-order valence-electron chi connectivity index (χ2n) is 5.43. The summed E-state index contributed by atoms with van der Waals surface area (Å²) >= 11 is 0. The number of nitriles is 1. The maximum absolute atomic E-state index is 9.01. The fourth-order valence-electron chi connectivity index (χ4n) is 2.82. The monoisotopic (exact) mass is 269 g/mol. The molecule has 1 aromatic carbocycles. The summed E-state index contributed by atoms with van der Waals surface area (Å²) in [6.07, 6.45) is 4.16. The van der Waals surface area contributed by atoms with Crippen molar-refractivity contribution in [2.75, 3.05) is 26.8 Å². The third-order valence-electron chi connectivity index (χ3n) is 4.17. The number of hydrogen-bond acceptors (Lipinski definition) is 3. The number of H-pyrrole nitrogens is 1. The lowest BCUT2D eigenvalue weighted by molar-refractivity contribution is 0.00315. The van der Waals surface area contributed by atoms with E-state index in [0.717, 1.165) is 43.7 Å². The average Bonchev–Trinajstić information content (AvgIpc) is 2.88. The van der Waals surface area contributed by atoms with Crippen LogP contribution >= 0.6 is 0 Å². The Bertz CT molecular complexity index is 641. The molecule has 1 fully saturated rings. The molecule has 4 heteroatoms. The van der Waals surface area contributed by atoms with Crippen LogP contribution in [-0.4, -0.2) is 42.7 Å². The van der Waals surface area contributed by atoms with Gasteiger partial charge in [-0.1, -0.05) is 0 Å². The molecule has 0 bridgehead atoms. The van der Waals surface area contributed by atoms with E-state index in [2.05, 4.69) is 29.2 Å². The van der Waals surface area contributed by atoms with Crippen LogP contribution in [0.2, 0.25) is 0 Å². The number of rotatable bonds is 3. The zero-order valence-corrected chi connectivity index (χ0v) is 11.7. The molecule has 20 heavy (non-hydrogen) atoms. The summed E-state index contributed by atoms with van der Waals surface area (Å²) in [5.74, 6) is 0. The fraction of sp³-hybridized carbons (Fsp3) is 0.438. The number of morpholine rings is 1. The largest absolute Gasteiger partial charge is 0.378 e. The first-order valence-corrected chi connectivity index (χ1v) is 7.06. The number of nitrogens with one attached hydrogen (secondary N) is 1. The van der Waals surface area contributed by atoms with Gasteiger partial charge in [0.2, 0.25) is 0 Å². The summed E-state index contributed by atoms with van der Waals surface area (Å²) in [5, 5.41) is 10.2. The lowest BCUT2D eigenvalue weighted by Gasteiger charge is -2.32. The Morgan fingerprint density at radius 2 is 2.40 bits per heavy atom. The molecule has 1 N–H and O–H groups in total. The van der Waals surface area contributed by atoms with Gasteiger partial charge in [-0.05, 0) is 43.7 Å². The summed E-state index contributed by atoms with van der Waals surface area (Å²) in [6, 6.07) is 8.51. The lowest BCUT2D eigenvalue weighted by Crippen LogP contribution is -2.42. The minimum Gasteiger partial charge on any atom is -0.378 e. The van der Waals surface area contributed by atoms with E-state index in [1.807, 2.05) is 18.2 Å². The van der Waals surface area contributed by atoms with Crippen LogP contribution in [0, 0.1) is 11.3 Å². The van der Waals surface area contributed by atoms with Gasteiger partial charge in [0, 0.05) is 29.7 Å². The van der Waals surface area contributed by atoms with Crippen LogP contribution in [0.4, 0.5) is 0 Å². The molecule has 0 aliphatic carbocycles. The molecule has 1 aliphatic heterocycles. The summed E-state index contributed by atoms with van der Waals surface area (Å²) in [5.41, 5.74) is 3.11. The normalized spacial score (nSPS) is 20.1. The molecule has 3 rings (SSSR count). The lowest BCUT2D eigenvalue weighted by atomic mass is 10.0.